The lowest BCUT2D eigenvalue weighted by Crippen LogP contribution is -2.20. The molecule has 20 heavy (non-hydrogen) atoms. The first-order chi connectivity index (χ1) is 9.55. The number of rotatable bonds is 7. The highest BCUT2D eigenvalue weighted by Gasteiger charge is 2.08. The third kappa shape index (κ3) is 5.71. The normalized spacial score (nSPS) is 11.6. The molecule has 1 amide bonds. The van der Waals surface area contributed by atoms with Crippen LogP contribution in [0.15, 0.2) is 24.3 Å². The summed E-state index contributed by atoms with van der Waals surface area (Å²) in [6.45, 7) is 2.26. The van der Waals surface area contributed by atoms with Crippen LogP contribution in [0.4, 0.5) is 5.69 Å². The van der Waals surface area contributed by atoms with Crippen molar-refractivity contribution in [3.8, 4) is 5.75 Å². The fourth-order valence-electron chi connectivity index (χ4n) is 1.45. The highest BCUT2D eigenvalue weighted by molar-refractivity contribution is 5.90. The molecule has 0 aliphatic rings. The molecule has 0 saturated heterocycles. The minimum Gasteiger partial charge on any atom is -0.482 e. The van der Waals surface area contributed by atoms with Crippen molar-refractivity contribution in [2.75, 3.05) is 25.6 Å². The van der Waals surface area contributed by atoms with Crippen LogP contribution in [0.25, 0.3) is 0 Å². The van der Waals surface area contributed by atoms with E-state index in [4.69, 9.17) is 10.5 Å². The summed E-state index contributed by atoms with van der Waals surface area (Å²) >= 11 is 0. The van der Waals surface area contributed by atoms with E-state index < -0.39 is 5.97 Å². The number of hydrogen-bond donors (Lipinski definition) is 2. The van der Waals surface area contributed by atoms with Crippen LogP contribution in [0.3, 0.4) is 0 Å². The fraction of sp³-hybridized carbons (Fsp3) is 0.429. The Morgan fingerprint density at radius 3 is 2.50 bits per heavy atom. The zero-order chi connectivity index (χ0) is 15.0. The molecule has 0 aromatic heterocycles. The Balaban J connectivity index is 2.46. The van der Waals surface area contributed by atoms with Crippen LogP contribution in [-0.4, -0.2) is 32.1 Å². The van der Waals surface area contributed by atoms with Crippen LogP contribution in [0.2, 0.25) is 0 Å². The number of nitrogens with two attached hydrogens (primary N) is 1. The number of benzene rings is 1. The van der Waals surface area contributed by atoms with Crippen molar-refractivity contribution in [3.05, 3.63) is 24.3 Å². The summed E-state index contributed by atoms with van der Waals surface area (Å²) < 4.78 is 9.66. The first kappa shape index (κ1) is 16.0. The van der Waals surface area contributed by atoms with Crippen molar-refractivity contribution >= 4 is 17.6 Å². The van der Waals surface area contributed by atoms with Gasteiger partial charge in [-0.25, -0.2) is 4.79 Å². The number of nitrogens with one attached hydrogen (secondary N) is 1. The topological polar surface area (TPSA) is 90.6 Å². The molecule has 0 aliphatic carbocycles. The maximum atomic E-state index is 11.7. The van der Waals surface area contributed by atoms with Crippen LogP contribution in [0.5, 0.6) is 5.75 Å². The number of ether oxygens (including phenoxy) is 2. The number of amides is 1. The lowest BCUT2D eigenvalue weighted by molar-refractivity contribution is -0.142. The molecule has 0 bridgehead atoms. The maximum Gasteiger partial charge on any atom is 0.343 e. The largest absolute Gasteiger partial charge is 0.482 e. The lowest BCUT2D eigenvalue weighted by Gasteiger charge is -2.10. The molecule has 110 valence electrons. The number of esters is 1. The smallest absolute Gasteiger partial charge is 0.343 e. The minimum atomic E-state index is -0.446. The van der Waals surface area contributed by atoms with Gasteiger partial charge in [0.05, 0.1) is 7.11 Å². The van der Waals surface area contributed by atoms with Crippen LogP contribution in [-0.2, 0) is 14.3 Å². The highest BCUT2D eigenvalue weighted by atomic mass is 16.6. The maximum absolute atomic E-state index is 11.7. The van der Waals surface area contributed by atoms with Gasteiger partial charge in [0.2, 0.25) is 5.91 Å². The van der Waals surface area contributed by atoms with Gasteiger partial charge in [-0.3, -0.25) is 4.79 Å². The number of carbonyl (C=O) groups excluding carboxylic acids is 2. The van der Waals surface area contributed by atoms with E-state index in [1.54, 1.807) is 24.3 Å². The number of anilines is 1. The Morgan fingerprint density at radius 2 is 1.95 bits per heavy atom. The third-order valence-electron chi connectivity index (χ3n) is 2.66. The van der Waals surface area contributed by atoms with Crippen molar-refractivity contribution in [2.45, 2.75) is 13.3 Å². The quantitative estimate of drug-likeness (QED) is 0.731. The average Bonchev–Trinajstić information content (AvgIpc) is 2.45. The Kier molecular flexibility index (Phi) is 6.52. The fourth-order valence-corrected chi connectivity index (χ4v) is 1.45. The van der Waals surface area contributed by atoms with Crippen LogP contribution in [0, 0.1) is 5.92 Å². The molecule has 0 radical (unpaired) electrons. The van der Waals surface area contributed by atoms with Gasteiger partial charge in [-0.1, -0.05) is 6.92 Å². The van der Waals surface area contributed by atoms with E-state index in [0.717, 1.165) is 0 Å². The summed E-state index contributed by atoms with van der Waals surface area (Å²) in [6.07, 6.45) is 0.386. The molecular formula is C14H20N2O4. The summed E-state index contributed by atoms with van der Waals surface area (Å²) in [5.41, 5.74) is 6.14. The monoisotopic (exact) mass is 280 g/mol. The number of carbonyl (C=O) groups is 2. The molecule has 1 unspecified atom stereocenters. The first-order valence-electron chi connectivity index (χ1n) is 6.34. The third-order valence-corrected chi connectivity index (χ3v) is 2.66. The standard InChI is InChI=1S/C14H20N2O4/c1-10(8-15)7-13(17)16-11-3-5-12(6-4-11)20-9-14(18)19-2/h3-6,10H,7-9,15H2,1-2H3,(H,16,17). The summed E-state index contributed by atoms with van der Waals surface area (Å²) in [6, 6.07) is 6.76. The molecule has 1 aromatic carbocycles. The zero-order valence-electron chi connectivity index (χ0n) is 11.7. The van der Waals surface area contributed by atoms with Gasteiger partial charge in [0, 0.05) is 12.1 Å². The van der Waals surface area contributed by atoms with E-state index in [2.05, 4.69) is 10.1 Å². The van der Waals surface area contributed by atoms with Gasteiger partial charge in [0.1, 0.15) is 5.75 Å². The van der Waals surface area contributed by atoms with Gasteiger partial charge in [0.25, 0.3) is 0 Å². The molecular weight excluding hydrogens is 260 g/mol. The SMILES string of the molecule is COC(=O)COc1ccc(NC(=O)CC(C)CN)cc1. The second kappa shape index (κ2) is 8.16. The molecule has 0 saturated carbocycles. The van der Waals surface area contributed by atoms with E-state index >= 15 is 0 Å². The van der Waals surface area contributed by atoms with Gasteiger partial charge in [-0.2, -0.15) is 0 Å². The Labute approximate surface area is 118 Å². The highest BCUT2D eigenvalue weighted by Crippen LogP contribution is 2.16. The summed E-state index contributed by atoms with van der Waals surface area (Å²) in [7, 11) is 1.30. The predicted molar refractivity (Wildman–Crippen MR) is 75.4 cm³/mol. The van der Waals surface area contributed by atoms with Crippen LogP contribution >= 0.6 is 0 Å². The summed E-state index contributed by atoms with van der Waals surface area (Å²) in [5, 5.41) is 2.77. The van der Waals surface area contributed by atoms with E-state index in [9.17, 15) is 9.59 Å². The van der Waals surface area contributed by atoms with Gasteiger partial charge in [-0.15, -0.1) is 0 Å². The van der Waals surface area contributed by atoms with Gasteiger partial charge in [0.15, 0.2) is 6.61 Å². The molecule has 6 heteroatoms. The average molecular weight is 280 g/mol. The van der Waals surface area contributed by atoms with Gasteiger partial charge in [-0.05, 0) is 36.7 Å². The second-order valence-corrected chi connectivity index (χ2v) is 4.48. The van der Waals surface area contributed by atoms with Crippen LogP contribution in [0.1, 0.15) is 13.3 Å². The second-order valence-electron chi connectivity index (χ2n) is 4.48. The molecule has 1 atom stereocenters. The predicted octanol–water partition coefficient (Wildman–Crippen LogP) is 1.16. The molecule has 0 spiro atoms. The van der Waals surface area contributed by atoms with Crippen molar-refractivity contribution in [3.63, 3.8) is 0 Å². The van der Waals surface area contributed by atoms with E-state index in [1.165, 1.54) is 7.11 Å². The molecule has 0 fully saturated rings. The molecule has 1 rings (SSSR count). The molecule has 6 nitrogen and oxygen atoms in total. The van der Waals surface area contributed by atoms with Crippen molar-refractivity contribution in [1.82, 2.24) is 0 Å². The summed E-state index contributed by atoms with van der Waals surface area (Å²) in [4.78, 5) is 22.6. The Morgan fingerprint density at radius 1 is 1.30 bits per heavy atom. The lowest BCUT2D eigenvalue weighted by atomic mass is 10.1. The van der Waals surface area contributed by atoms with Crippen molar-refractivity contribution in [1.29, 1.82) is 0 Å². The summed E-state index contributed by atoms with van der Waals surface area (Å²) in [5.74, 6) is 0.158. The van der Waals surface area contributed by atoms with E-state index in [0.29, 0.717) is 24.4 Å². The molecule has 0 aliphatic heterocycles. The Hall–Kier alpha value is -2.08. The van der Waals surface area contributed by atoms with E-state index in [-0.39, 0.29) is 18.4 Å². The van der Waals surface area contributed by atoms with E-state index in [1.807, 2.05) is 6.92 Å². The number of methoxy groups -OCH3 is 1. The van der Waals surface area contributed by atoms with Crippen molar-refractivity contribution in [2.24, 2.45) is 11.7 Å². The van der Waals surface area contributed by atoms with Crippen LogP contribution < -0.4 is 15.8 Å². The minimum absolute atomic E-state index is 0.0776. The molecule has 0 heterocycles. The molecule has 3 N–H and O–H groups in total. The van der Waals surface area contributed by atoms with Gasteiger partial charge < -0.3 is 20.5 Å². The Bertz CT molecular complexity index is 445. The molecule has 1 aromatic rings. The first-order valence-corrected chi connectivity index (χ1v) is 6.34. The zero-order valence-corrected chi connectivity index (χ0v) is 11.7. The number of hydrogen-bond acceptors (Lipinski definition) is 5. The van der Waals surface area contributed by atoms with Crippen molar-refractivity contribution < 1.29 is 19.1 Å². The van der Waals surface area contributed by atoms with Gasteiger partial charge >= 0.3 is 5.97 Å².